The fourth-order valence-corrected chi connectivity index (χ4v) is 5.09. The van der Waals surface area contributed by atoms with Crippen molar-refractivity contribution < 1.29 is 0 Å². The van der Waals surface area contributed by atoms with Crippen molar-refractivity contribution >= 4 is 29.9 Å². The molecule has 0 aromatic carbocycles. The highest BCUT2D eigenvalue weighted by Gasteiger charge is 2.27. The summed E-state index contributed by atoms with van der Waals surface area (Å²) < 4.78 is 3.17. The normalized spacial score (nSPS) is 18.4. The van der Waals surface area contributed by atoms with Crippen molar-refractivity contribution in [3.05, 3.63) is 49.2 Å². The van der Waals surface area contributed by atoms with Gasteiger partial charge in [-0.3, -0.25) is 4.79 Å². The first kappa shape index (κ1) is 19.2. The summed E-state index contributed by atoms with van der Waals surface area (Å²) in [5.41, 5.74) is 0.782. The van der Waals surface area contributed by atoms with E-state index in [1.165, 1.54) is 25.1 Å². The van der Waals surface area contributed by atoms with Crippen LogP contribution in [0.3, 0.4) is 0 Å². The van der Waals surface area contributed by atoms with Crippen molar-refractivity contribution in [2.75, 3.05) is 18.0 Å². The molecule has 3 aromatic heterocycles. The summed E-state index contributed by atoms with van der Waals surface area (Å²) in [6, 6.07) is 1.85. The van der Waals surface area contributed by atoms with Crippen LogP contribution in [0.1, 0.15) is 55.4 Å². The van der Waals surface area contributed by atoms with Gasteiger partial charge in [-0.05, 0) is 37.8 Å². The number of nitrogens with zero attached hydrogens (tertiary/aromatic N) is 6. The predicted octanol–water partition coefficient (Wildman–Crippen LogP) is 1.17. The van der Waals surface area contributed by atoms with Crippen molar-refractivity contribution in [1.29, 1.82) is 0 Å². The summed E-state index contributed by atoms with van der Waals surface area (Å²) in [5.74, 6) is 3.50. The van der Waals surface area contributed by atoms with Crippen molar-refractivity contribution in [2.24, 2.45) is 0 Å². The molecule has 0 unspecified atom stereocenters. The molecule has 0 saturated carbocycles. The first-order valence-corrected chi connectivity index (χ1v) is 11.4. The monoisotopic (exact) mass is 423 g/mol. The fourth-order valence-electron chi connectivity index (χ4n) is 4.36. The molecule has 30 heavy (non-hydrogen) atoms. The topological polar surface area (TPSA) is 92.6 Å². The van der Waals surface area contributed by atoms with Crippen LogP contribution in [0, 0.1) is 0 Å². The molecule has 156 valence electrons. The van der Waals surface area contributed by atoms with Crippen LogP contribution in [0.25, 0.3) is 12.7 Å². The summed E-state index contributed by atoms with van der Waals surface area (Å²) in [6.45, 7) is 6.72. The number of aryl methyl sites for hydroxylation is 1. The molecule has 0 aliphatic carbocycles. The van der Waals surface area contributed by atoms with Crippen molar-refractivity contribution in [2.45, 2.75) is 51.0 Å². The van der Waals surface area contributed by atoms with E-state index < -0.39 is 0 Å². The summed E-state index contributed by atoms with van der Waals surface area (Å²) in [5, 5.41) is 9.65. The van der Waals surface area contributed by atoms with Crippen LogP contribution in [0.4, 0.5) is 5.95 Å². The molecule has 1 fully saturated rings. The zero-order chi connectivity index (χ0) is 20.5. The number of nitrogens with one attached hydrogen (secondary N) is 1. The number of hydrogen-bond acceptors (Lipinski definition) is 7. The molecule has 0 spiro atoms. The van der Waals surface area contributed by atoms with Crippen LogP contribution in [0.5, 0.6) is 0 Å². The highest BCUT2D eigenvalue weighted by atomic mass is 32.1. The van der Waals surface area contributed by atoms with Gasteiger partial charge < -0.3 is 14.5 Å². The Morgan fingerprint density at radius 3 is 2.83 bits per heavy atom. The molecular weight excluding hydrogens is 398 g/mol. The Labute approximate surface area is 178 Å². The second kappa shape index (κ2) is 8.14. The highest BCUT2D eigenvalue weighted by molar-refractivity contribution is 7.07. The number of anilines is 1. The second-order valence-electron chi connectivity index (χ2n) is 7.98. The smallest absolute Gasteiger partial charge is 0.305 e. The van der Waals surface area contributed by atoms with E-state index in [9.17, 15) is 4.79 Å². The van der Waals surface area contributed by atoms with Crippen molar-refractivity contribution in [3.63, 3.8) is 0 Å². The Bertz CT molecular complexity index is 1200. The largest absolute Gasteiger partial charge is 0.341 e. The number of aromatic nitrogens is 6. The van der Waals surface area contributed by atoms with Crippen LogP contribution < -0.4 is 19.7 Å². The SMILES string of the molecule is C=c1[nH]c(=O)s/c1=C\c1ccnc(N2CCC(c3nnc4n3CCCCC4)CC2)n1. The Hall–Kier alpha value is -2.81. The van der Waals surface area contributed by atoms with Crippen LogP contribution in [-0.4, -0.2) is 42.8 Å². The minimum Gasteiger partial charge on any atom is -0.341 e. The van der Waals surface area contributed by atoms with Crippen LogP contribution in [0.15, 0.2) is 17.1 Å². The van der Waals surface area contributed by atoms with Gasteiger partial charge in [0.1, 0.15) is 11.6 Å². The van der Waals surface area contributed by atoms with Gasteiger partial charge in [0, 0.05) is 38.2 Å². The molecule has 2 aliphatic rings. The summed E-state index contributed by atoms with van der Waals surface area (Å²) in [6.07, 6.45) is 10.5. The van der Waals surface area contributed by atoms with Crippen LogP contribution >= 0.6 is 11.3 Å². The molecule has 5 rings (SSSR count). The number of piperidine rings is 1. The molecular formula is C21H25N7OS. The van der Waals surface area contributed by atoms with E-state index >= 15 is 0 Å². The van der Waals surface area contributed by atoms with Crippen LogP contribution in [-0.2, 0) is 13.0 Å². The molecule has 0 atom stereocenters. The van der Waals surface area contributed by atoms with E-state index in [2.05, 4.69) is 36.2 Å². The van der Waals surface area contributed by atoms with E-state index in [0.717, 1.165) is 72.2 Å². The Kier molecular flexibility index (Phi) is 5.20. The van der Waals surface area contributed by atoms with Gasteiger partial charge in [-0.15, -0.1) is 10.2 Å². The number of fused-ring (bicyclic) bond motifs is 1. The number of rotatable bonds is 3. The molecule has 2 aliphatic heterocycles. The first-order chi connectivity index (χ1) is 14.7. The van der Waals surface area contributed by atoms with Gasteiger partial charge in [0.2, 0.25) is 5.95 Å². The zero-order valence-corrected chi connectivity index (χ0v) is 17.7. The quantitative estimate of drug-likeness (QED) is 0.680. The summed E-state index contributed by atoms with van der Waals surface area (Å²) in [4.78, 5) is 25.5. The molecule has 0 radical (unpaired) electrons. The fraction of sp³-hybridized carbons (Fsp3) is 0.476. The molecule has 0 bridgehead atoms. The first-order valence-electron chi connectivity index (χ1n) is 10.6. The minimum atomic E-state index is -0.103. The third-order valence-electron chi connectivity index (χ3n) is 5.98. The molecule has 1 N–H and O–H groups in total. The third kappa shape index (κ3) is 3.81. The van der Waals surface area contributed by atoms with E-state index in [0.29, 0.717) is 11.3 Å². The minimum absolute atomic E-state index is 0.103. The van der Waals surface area contributed by atoms with Crippen LogP contribution in [0.2, 0.25) is 0 Å². The van der Waals surface area contributed by atoms with E-state index in [4.69, 9.17) is 4.98 Å². The Morgan fingerprint density at radius 2 is 2.03 bits per heavy atom. The number of hydrogen-bond donors (Lipinski definition) is 1. The van der Waals surface area contributed by atoms with E-state index in [1.54, 1.807) is 6.20 Å². The molecule has 1 saturated heterocycles. The number of H-pyrrole nitrogens is 1. The molecule has 8 nitrogen and oxygen atoms in total. The molecule has 0 amide bonds. The van der Waals surface area contributed by atoms with Gasteiger partial charge in [-0.25, -0.2) is 9.97 Å². The number of thiazole rings is 1. The van der Waals surface area contributed by atoms with Crippen molar-refractivity contribution in [3.8, 4) is 0 Å². The zero-order valence-electron chi connectivity index (χ0n) is 16.9. The van der Waals surface area contributed by atoms with Gasteiger partial charge in [0.25, 0.3) is 0 Å². The van der Waals surface area contributed by atoms with Gasteiger partial charge >= 0.3 is 4.87 Å². The molecule has 5 heterocycles. The highest BCUT2D eigenvalue weighted by Crippen LogP contribution is 2.30. The van der Waals surface area contributed by atoms with Gasteiger partial charge in [-0.1, -0.05) is 24.3 Å². The average Bonchev–Trinajstić information content (AvgIpc) is 3.21. The lowest BCUT2D eigenvalue weighted by Crippen LogP contribution is -2.35. The predicted molar refractivity (Wildman–Crippen MR) is 117 cm³/mol. The Morgan fingerprint density at radius 1 is 1.17 bits per heavy atom. The van der Waals surface area contributed by atoms with Gasteiger partial charge in [0.05, 0.1) is 15.6 Å². The second-order valence-corrected chi connectivity index (χ2v) is 9.00. The van der Waals surface area contributed by atoms with E-state index in [-0.39, 0.29) is 4.87 Å². The summed E-state index contributed by atoms with van der Waals surface area (Å²) >= 11 is 1.14. The lowest BCUT2D eigenvalue weighted by Gasteiger charge is -2.31. The maximum absolute atomic E-state index is 11.5. The summed E-state index contributed by atoms with van der Waals surface area (Å²) in [7, 11) is 0. The lowest BCUT2D eigenvalue weighted by molar-refractivity contribution is 0.456. The standard InChI is InChI=1S/C21H25N7OS/c1-14-17(30-21(29)23-14)13-16-6-9-22-20(24-16)27-11-7-15(8-12-27)19-26-25-18-5-3-2-4-10-28(18)19/h6,9,13,15H,1-5,7-8,10-12H2,(H,23,29)/b17-13-. The maximum Gasteiger partial charge on any atom is 0.305 e. The molecule has 3 aromatic rings. The maximum atomic E-state index is 11.5. The lowest BCUT2D eigenvalue weighted by atomic mass is 9.96. The molecule has 9 heteroatoms. The third-order valence-corrected chi connectivity index (χ3v) is 6.85. The van der Waals surface area contributed by atoms with E-state index in [1.807, 2.05) is 12.1 Å². The van der Waals surface area contributed by atoms with Crippen molar-refractivity contribution in [1.82, 2.24) is 29.7 Å². The van der Waals surface area contributed by atoms with Gasteiger partial charge in [-0.2, -0.15) is 0 Å². The Balaban J connectivity index is 1.31. The van der Waals surface area contributed by atoms with Gasteiger partial charge in [0.15, 0.2) is 0 Å². The average molecular weight is 424 g/mol. The number of aromatic amines is 1.